The van der Waals surface area contributed by atoms with Gasteiger partial charge in [0, 0.05) is 6.54 Å². The molecule has 0 saturated carbocycles. The summed E-state index contributed by atoms with van der Waals surface area (Å²) in [5.41, 5.74) is 0. The molecule has 12 heavy (non-hydrogen) atoms. The summed E-state index contributed by atoms with van der Waals surface area (Å²) in [6, 6.07) is 0.310. The minimum absolute atomic E-state index is 0.00694. The Balaban J connectivity index is 1.90. The highest BCUT2D eigenvalue weighted by Crippen LogP contribution is 2.38. The van der Waals surface area contributed by atoms with Crippen molar-refractivity contribution in [1.29, 1.82) is 0 Å². The molecule has 0 aromatic rings. The first-order valence-corrected chi connectivity index (χ1v) is 4.46. The van der Waals surface area contributed by atoms with Crippen molar-refractivity contribution >= 4 is 5.97 Å². The molecule has 0 aromatic heterocycles. The first-order valence-electron chi connectivity index (χ1n) is 4.46. The van der Waals surface area contributed by atoms with Gasteiger partial charge in [0.15, 0.2) is 0 Å². The lowest BCUT2D eigenvalue weighted by Gasteiger charge is -2.14. The zero-order chi connectivity index (χ0) is 8.13. The third-order valence-corrected chi connectivity index (χ3v) is 3.00. The molecule has 3 rings (SSSR count). The van der Waals surface area contributed by atoms with E-state index < -0.39 is 0 Å². The van der Waals surface area contributed by atoms with Crippen LogP contribution in [-0.4, -0.2) is 36.3 Å². The van der Waals surface area contributed by atoms with Crippen LogP contribution in [0.25, 0.3) is 0 Å². The van der Waals surface area contributed by atoms with Crippen LogP contribution in [0.3, 0.4) is 0 Å². The molecule has 0 unspecified atom stereocenters. The minimum atomic E-state index is -0.0607. The Morgan fingerprint density at radius 2 is 2.42 bits per heavy atom. The zero-order valence-electron chi connectivity index (χ0n) is 6.73. The largest absolute Gasteiger partial charge is 0.462 e. The van der Waals surface area contributed by atoms with Gasteiger partial charge < -0.3 is 4.74 Å². The average Bonchev–Trinajstić information content (AvgIpc) is 2.61. The molecule has 4 nitrogen and oxygen atoms in total. The second-order valence-corrected chi connectivity index (χ2v) is 3.65. The molecule has 3 fully saturated rings. The molecule has 3 aliphatic heterocycles. The van der Waals surface area contributed by atoms with Crippen molar-refractivity contribution in [3.8, 4) is 0 Å². The number of nitrogens with zero attached hydrogens (tertiary/aromatic N) is 1. The number of ether oxygens (including phenoxy) is 1. The summed E-state index contributed by atoms with van der Waals surface area (Å²) < 4.78 is 4.94. The number of hydroxylamine groups is 2. The van der Waals surface area contributed by atoms with Crippen LogP contribution in [0.4, 0.5) is 0 Å². The Morgan fingerprint density at radius 3 is 3.33 bits per heavy atom. The van der Waals surface area contributed by atoms with Gasteiger partial charge in [0.05, 0.1) is 6.04 Å². The Morgan fingerprint density at radius 1 is 1.50 bits per heavy atom. The summed E-state index contributed by atoms with van der Waals surface area (Å²) >= 11 is 0. The van der Waals surface area contributed by atoms with E-state index in [1.54, 1.807) is 0 Å². The molecule has 3 atom stereocenters. The van der Waals surface area contributed by atoms with Crippen molar-refractivity contribution in [2.45, 2.75) is 25.0 Å². The predicted molar refractivity (Wildman–Crippen MR) is 39.1 cm³/mol. The first kappa shape index (κ1) is 6.86. The summed E-state index contributed by atoms with van der Waals surface area (Å²) in [6.45, 7) is 1.43. The van der Waals surface area contributed by atoms with Crippen molar-refractivity contribution in [2.24, 2.45) is 5.92 Å². The molecule has 3 saturated heterocycles. The molecule has 0 spiro atoms. The summed E-state index contributed by atoms with van der Waals surface area (Å²) in [4.78, 5) is 16.8. The molecular formula is C8H11NO3. The standard InChI is InChI=1S/C8H11NO3/c10-8-7-5-2-1-3-9(5)12-6(7)4-11-8/h5-7H,1-4H2/t5-,6+,7+/m0/s1. The average molecular weight is 169 g/mol. The third kappa shape index (κ3) is 0.716. The first-order chi connectivity index (χ1) is 5.86. The highest BCUT2D eigenvalue weighted by atomic mass is 16.7. The van der Waals surface area contributed by atoms with E-state index in [9.17, 15) is 4.79 Å². The molecule has 0 radical (unpaired) electrons. The van der Waals surface area contributed by atoms with Gasteiger partial charge in [0.1, 0.15) is 18.6 Å². The molecule has 0 aromatic carbocycles. The fraction of sp³-hybridized carbons (Fsp3) is 0.875. The molecule has 3 aliphatic rings. The van der Waals surface area contributed by atoms with Crippen molar-refractivity contribution < 1.29 is 14.4 Å². The minimum Gasteiger partial charge on any atom is -0.462 e. The lowest BCUT2D eigenvalue weighted by molar-refractivity contribution is -0.162. The van der Waals surface area contributed by atoms with Crippen LogP contribution in [-0.2, 0) is 14.4 Å². The number of carbonyl (C=O) groups is 1. The van der Waals surface area contributed by atoms with Gasteiger partial charge >= 0.3 is 5.97 Å². The van der Waals surface area contributed by atoms with E-state index in [0.29, 0.717) is 12.6 Å². The SMILES string of the molecule is O=C1OC[C@H]2ON3CCC[C@H]3[C@@H]12. The van der Waals surface area contributed by atoms with Gasteiger partial charge in [-0.15, -0.1) is 0 Å². The van der Waals surface area contributed by atoms with Crippen LogP contribution in [0, 0.1) is 5.92 Å². The molecule has 3 heterocycles. The Labute approximate surface area is 70.4 Å². The van der Waals surface area contributed by atoms with Gasteiger partial charge in [0.2, 0.25) is 0 Å². The second kappa shape index (κ2) is 2.20. The van der Waals surface area contributed by atoms with E-state index in [4.69, 9.17) is 9.57 Å². The molecule has 0 bridgehead atoms. The van der Waals surface area contributed by atoms with Crippen LogP contribution in [0.5, 0.6) is 0 Å². The number of cyclic esters (lactones) is 1. The van der Waals surface area contributed by atoms with Gasteiger partial charge in [-0.25, -0.2) is 0 Å². The highest BCUT2D eigenvalue weighted by molar-refractivity contribution is 5.76. The number of fused-ring (bicyclic) bond motifs is 3. The monoisotopic (exact) mass is 169 g/mol. The third-order valence-electron chi connectivity index (χ3n) is 3.00. The van der Waals surface area contributed by atoms with Gasteiger partial charge in [-0.2, -0.15) is 5.06 Å². The molecule has 66 valence electrons. The molecule has 0 amide bonds. The Hall–Kier alpha value is -0.610. The Bertz CT molecular complexity index is 230. The summed E-state index contributed by atoms with van der Waals surface area (Å²) in [5, 5.41) is 1.97. The van der Waals surface area contributed by atoms with Crippen molar-refractivity contribution in [3.63, 3.8) is 0 Å². The maximum atomic E-state index is 11.3. The molecule has 0 N–H and O–H groups in total. The van der Waals surface area contributed by atoms with E-state index in [1.165, 1.54) is 0 Å². The van der Waals surface area contributed by atoms with Crippen molar-refractivity contribution in [2.75, 3.05) is 13.2 Å². The lowest BCUT2D eigenvalue weighted by atomic mass is 9.96. The van der Waals surface area contributed by atoms with Gasteiger partial charge in [-0.1, -0.05) is 0 Å². The fourth-order valence-corrected chi connectivity index (χ4v) is 2.45. The second-order valence-electron chi connectivity index (χ2n) is 3.65. The number of rotatable bonds is 0. The van der Waals surface area contributed by atoms with E-state index in [2.05, 4.69) is 0 Å². The smallest absolute Gasteiger partial charge is 0.313 e. The van der Waals surface area contributed by atoms with Crippen LogP contribution in [0.2, 0.25) is 0 Å². The number of hydrogen-bond donors (Lipinski definition) is 0. The lowest BCUT2D eigenvalue weighted by Crippen LogP contribution is -2.29. The summed E-state index contributed by atoms with van der Waals surface area (Å²) in [5.74, 6) is -0.0538. The number of carbonyl (C=O) groups excluding carboxylic acids is 1. The maximum absolute atomic E-state index is 11.3. The van der Waals surface area contributed by atoms with E-state index in [1.807, 2.05) is 5.06 Å². The topological polar surface area (TPSA) is 38.8 Å². The number of hydrogen-bond acceptors (Lipinski definition) is 4. The summed E-state index contributed by atoms with van der Waals surface area (Å²) in [6.07, 6.45) is 2.24. The fourth-order valence-electron chi connectivity index (χ4n) is 2.45. The van der Waals surface area contributed by atoms with Gasteiger partial charge in [-0.3, -0.25) is 9.63 Å². The quantitative estimate of drug-likeness (QED) is 0.476. The van der Waals surface area contributed by atoms with Crippen LogP contribution in [0.1, 0.15) is 12.8 Å². The Kier molecular flexibility index (Phi) is 1.26. The normalized spacial score (nSPS) is 46.0. The number of esters is 1. The van der Waals surface area contributed by atoms with Crippen LogP contribution < -0.4 is 0 Å². The van der Waals surface area contributed by atoms with E-state index >= 15 is 0 Å². The van der Waals surface area contributed by atoms with Gasteiger partial charge in [0.25, 0.3) is 0 Å². The molecule has 4 heteroatoms. The van der Waals surface area contributed by atoms with Crippen LogP contribution >= 0.6 is 0 Å². The van der Waals surface area contributed by atoms with Crippen molar-refractivity contribution in [1.82, 2.24) is 5.06 Å². The zero-order valence-corrected chi connectivity index (χ0v) is 6.73. The van der Waals surface area contributed by atoms with E-state index in [0.717, 1.165) is 19.4 Å². The summed E-state index contributed by atoms with van der Waals surface area (Å²) in [7, 11) is 0. The van der Waals surface area contributed by atoms with E-state index in [-0.39, 0.29) is 18.0 Å². The maximum Gasteiger partial charge on any atom is 0.313 e. The van der Waals surface area contributed by atoms with Crippen molar-refractivity contribution in [3.05, 3.63) is 0 Å². The van der Waals surface area contributed by atoms with Crippen LogP contribution in [0.15, 0.2) is 0 Å². The predicted octanol–water partition coefficient (Wildman–Crippen LogP) is -0.0624. The highest BCUT2D eigenvalue weighted by Gasteiger charge is 2.53. The molecular weight excluding hydrogens is 158 g/mol. The van der Waals surface area contributed by atoms with Gasteiger partial charge in [-0.05, 0) is 12.8 Å². The molecule has 0 aliphatic carbocycles.